The van der Waals surface area contributed by atoms with Gasteiger partial charge >= 0.3 is 0 Å². The minimum Gasteiger partial charge on any atom is -0.357 e. The Hall–Kier alpha value is -1.35. The van der Waals surface area contributed by atoms with Crippen molar-refractivity contribution in [1.82, 2.24) is 0 Å². The predicted molar refractivity (Wildman–Crippen MR) is 49.2 cm³/mol. The number of oxime groups is 1. The van der Waals surface area contributed by atoms with E-state index in [2.05, 4.69) is 11.9 Å². The number of nitrogens with zero attached hydrogens (tertiary/aromatic N) is 1. The lowest BCUT2D eigenvalue weighted by Crippen LogP contribution is -1.99. The monoisotopic (exact) mass is 164 g/mol. The Kier molecular flexibility index (Phi) is 2.82. The second-order valence-corrected chi connectivity index (χ2v) is 2.54. The first-order valence-corrected chi connectivity index (χ1v) is 3.70. The maximum atomic E-state index is 5.49. The van der Waals surface area contributed by atoms with Gasteiger partial charge in [0.25, 0.3) is 0 Å². The highest BCUT2D eigenvalue weighted by atomic mass is 16.6. The Bertz CT molecular complexity index is 284. The summed E-state index contributed by atoms with van der Waals surface area (Å²) in [6, 6.07) is 5.80. The summed E-state index contributed by atoms with van der Waals surface area (Å²) in [6.45, 7) is 5.68. The van der Waals surface area contributed by atoms with Crippen LogP contribution in [0.1, 0.15) is 11.1 Å². The molecule has 0 aromatic heterocycles. The van der Waals surface area contributed by atoms with Gasteiger partial charge in [-0.2, -0.15) is 0 Å². The second-order valence-electron chi connectivity index (χ2n) is 2.54. The molecule has 0 aliphatic heterocycles. The minimum atomic E-state index is 0.450. The standard InChI is InChI=1S/C9H12N2O/c1-7-3-4-8(6-10)9(5-7)12-11-2/h3-5H,2,6,10H2,1H3. The lowest BCUT2D eigenvalue weighted by Gasteiger charge is -2.04. The third-order valence-electron chi connectivity index (χ3n) is 1.61. The van der Waals surface area contributed by atoms with Gasteiger partial charge in [-0.05, 0) is 18.6 Å². The molecule has 0 heterocycles. The molecule has 0 fully saturated rings. The molecule has 0 bridgehead atoms. The Morgan fingerprint density at radius 3 is 2.92 bits per heavy atom. The first-order valence-electron chi connectivity index (χ1n) is 3.70. The highest BCUT2D eigenvalue weighted by Gasteiger charge is 2.01. The maximum Gasteiger partial charge on any atom is 0.162 e. The van der Waals surface area contributed by atoms with Gasteiger partial charge in [-0.3, -0.25) is 0 Å². The highest BCUT2D eigenvalue weighted by molar-refractivity contribution is 5.37. The fourth-order valence-electron chi connectivity index (χ4n) is 0.985. The largest absolute Gasteiger partial charge is 0.357 e. The van der Waals surface area contributed by atoms with Gasteiger partial charge in [-0.25, -0.2) is 0 Å². The molecule has 64 valence electrons. The number of aryl methyl sites for hydroxylation is 1. The van der Waals surface area contributed by atoms with Crippen LogP contribution in [0.5, 0.6) is 5.75 Å². The van der Waals surface area contributed by atoms with E-state index in [-0.39, 0.29) is 0 Å². The molecule has 0 atom stereocenters. The molecule has 0 radical (unpaired) electrons. The normalized spacial score (nSPS) is 9.50. The van der Waals surface area contributed by atoms with Crippen molar-refractivity contribution in [3.05, 3.63) is 29.3 Å². The number of rotatable bonds is 3. The third-order valence-corrected chi connectivity index (χ3v) is 1.61. The summed E-state index contributed by atoms with van der Waals surface area (Å²) in [5.41, 5.74) is 7.54. The highest BCUT2D eigenvalue weighted by Crippen LogP contribution is 2.19. The number of hydrogen-bond acceptors (Lipinski definition) is 3. The van der Waals surface area contributed by atoms with E-state index in [1.807, 2.05) is 25.1 Å². The van der Waals surface area contributed by atoms with Gasteiger partial charge in [0.2, 0.25) is 0 Å². The molecule has 3 heteroatoms. The molecule has 1 aromatic rings. The topological polar surface area (TPSA) is 47.6 Å². The van der Waals surface area contributed by atoms with Crippen molar-refractivity contribution in [2.75, 3.05) is 0 Å². The van der Waals surface area contributed by atoms with Crippen LogP contribution in [0.3, 0.4) is 0 Å². The van der Waals surface area contributed by atoms with E-state index in [1.165, 1.54) is 0 Å². The minimum absolute atomic E-state index is 0.450. The average Bonchev–Trinajstić information content (AvgIpc) is 2.05. The molecule has 0 spiro atoms. The van der Waals surface area contributed by atoms with Gasteiger partial charge in [0, 0.05) is 18.8 Å². The zero-order valence-corrected chi connectivity index (χ0v) is 7.08. The lowest BCUT2D eigenvalue weighted by atomic mass is 10.1. The van der Waals surface area contributed by atoms with Crippen LogP contribution in [0.2, 0.25) is 0 Å². The Labute approximate surface area is 71.8 Å². The van der Waals surface area contributed by atoms with E-state index in [0.29, 0.717) is 12.3 Å². The molecule has 1 aromatic carbocycles. The Morgan fingerprint density at radius 2 is 2.33 bits per heavy atom. The molecule has 3 nitrogen and oxygen atoms in total. The van der Waals surface area contributed by atoms with Crippen molar-refractivity contribution < 1.29 is 4.84 Å². The summed E-state index contributed by atoms with van der Waals surface area (Å²) in [7, 11) is 0. The summed E-state index contributed by atoms with van der Waals surface area (Å²) in [5, 5.41) is 3.35. The van der Waals surface area contributed by atoms with Crippen molar-refractivity contribution in [2.45, 2.75) is 13.5 Å². The predicted octanol–water partition coefficient (Wildman–Crippen LogP) is 1.45. The van der Waals surface area contributed by atoms with Crippen LogP contribution in [-0.2, 0) is 6.54 Å². The van der Waals surface area contributed by atoms with Gasteiger partial charge < -0.3 is 10.6 Å². The molecule has 2 N–H and O–H groups in total. The first-order chi connectivity index (χ1) is 5.77. The fourth-order valence-corrected chi connectivity index (χ4v) is 0.985. The van der Waals surface area contributed by atoms with Crippen molar-refractivity contribution in [1.29, 1.82) is 0 Å². The van der Waals surface area contributed by atoms with Crippen LogP contribution >= 0.6 is 0 Å². The summed E-state index contributed by atoms with van der Waals surface area (Å²) in [6.07, 6.45) is 0. The van der Waals surface area contributed by atoms with Crippen LogP contribution in [0.15, 0.2) is 23.4 Å². The van der Waals surface area contributed by atoms with Crippen LogP contribution in [-0.4, -0.2) is 6.72 Å². The van der Waals surface area contributed by atoms with E-state index >= 15 is 0 Å². The van der Waals surface area contributed by atoms with E-state index in [4.69, 9.17) is 10.6 Å². The zero-order chi connectivity index (χ0) is 8.97. The molecule has 0 saturated heterocycles. The summed E-state index contributed by atoms with van der Waals surface area (Å²) < 4.78 is 0. The van der Waals surface area contributed by atoms with Gasteiger partial charge in [-0.15, -0.1) is 0 Å². The molecule has 0 aliphatic carbocycles. The van der Waals surface area contributed by atoms with Crippen molar-refractivity contribution >= 4 is 6.72 Å². The molecule has 0 aliphatic rings. The van der Waals surface area contributed by atoms with E-state index < -0.39 is 0 Å². The van der Waals surface area contributed by atoms with Gasteiger partial charge in [-0.1, -0.05) is 17.3 Å². The second kappa shape index (κ2) is 3.88. The van der Waals surface area contributed by atoms with Gasteiger partial charge in [0.15, 0.2) is 5.75 Å². The number of benzene rings is 1. The molecular weight excluding hydrogens is 152 g/mol. The molecule has 1 rings (SSSR count). The number of hydrogen-bond donors (Lipinski definition) is 1. The van der Waals surface area contributed by atoms with Crippen LogP contribution in [0.4, 0.5) is 0 Å². The summed E-state index contributed by atoms with van der Waals surface area (Å²) in [5.74, 6) is 0.688. The van der Waals surface area contributed by atoms with Crippen LogP contribution in [0.25, 0.3) is 0 Å². The van der Waals surface area contributed by atoms with Crippen molar-refractivity contribution in [2.24, 2.45) is 10.9 Å². The van der Waals surface area contributed by atoms with Gasteiger partial charge in [0.1, 0.15) is 0 Å². The smallest absolute Gasteiger partial charge is 0.162 e. The molecule has 0 saturated carbocycles. The SMILES string of the molecule is C=NOc1cc(C)ccc1CN. The van der Waals surface area contributed by atoms with E-state index in [0.717, 1.165) is 11.1 Å². The van der Waals surface area contributed by atoms with Crippen molar-refractivity contribution in [3.63, 3.8) is 0 Å². The van der Waals surface area contributed by atoms with Gasteiger partial charge in [0.05, 0.1) is 0 Å². The molecular formula is C9H12N2O. The molecule has 0 amide bonds. The first kappa shape index (κ1) is 8.74. The fraction of sp³-hybridized carbons (Fsp3) is 0.222. The van der Waals surface area contributed by atoms with E-state index in [1.54, 1.807) is 0 Å². The molecule has 0 unspecified atom stereocenters. The van der Waals surface area contributed by atoms with Crippen LogP contribution in [0, 0.1) is 6.92 Å². The third kappa shape index (κ3) is 1.83. The summed E-state index contributed by atoms with van der Waals surface area (Å²) >= 11 is 0. The zero-order valence-electron chi connectivity index (χ0n) is 7.08. The Balaban J connectivity index is 3.03. The lowest BCUT2D eigenvalue weighted by molar-refractivity contribution is 0.341. The van der Waals surface area contributed by atoms with Crippen molar-refractivity contribution in [3.8, 4) is 5.75 Å². The average molecular weight is 164 g/mol. The van der Waals surface area contributed by atoms with E-state index in [9.17, 15) is 0 Å². The molecule has 12 heavy (non-hydrogen) atoms. The van der Waals surface area contributed by atoms with Crippen LogP contribution < -0.4 is 10.6 Å². The number of nitrogens with two attached hydrogens (primary N) is 1. The summed E-state index contributed by atoms with van der Waals surface area (Å²) in [4.78, 5) is 4.94. The Morgan fingerprint density at radius 1 is 1.58 bits per heavy atom. The quantitative estimate of drug-likeness (QED) is 0.543. The maximum absolute atomic E-state index is 5.49.